The zero-order valence-electron chi connectivity index (χ0n) is 10.5. The molecule has 0 saturated heterocycles. The van der Waals surface area contributed by atoms with Gasteiger partial charge < -0.3 is 5.73 Å². The third-order valence-electron chi connectivity index (χ3n) is 2.45. The van der Waals surface area contributed by atoms with Gasteiger partial charge in [-0.25, -0.2) is 8.42 Å². The summed E-state index contributed by atoms with van der Waals surface area (Å²) in [6.07, 6.45) is 3.53. The topological polar surface area (TPSA) is 81.2 Å². The molecule has 2 N–H and O–H groups in total. The SMILES string of the molecule is CC(C)N(CCCN)S(=O)(=O)c1cnn(C)c1. The van der Waals surface area contributed by atoms with Gasteiger partial charge in [0, 0.05) is 25.8 Å². The molecule has 1 heterocycles. The molecule has 0 unspecified atom stereocenters. The molecule has 1 aromatic heterocycles. The number of nitrogens with zero attached hydrogens (tertiary/aromatic N) is 3. The molecule has 0 bridgehead atoms. The second-order valence-corrected chi connectivity index (χ2v) is 6.09. The van der Waals surface area contributed by atoms with E-state index >= 15 is 0 Å². The van der Waals surface area contributed by atoms with Crippen molar-refractivity contribution in [2.75, 3.05) is 13.1 Å². The Morgan fingerprint density at radius 1 is 1.53 bits per heavy atom. The summed E-state index contributed by atoms with van der Waals surface area (Å²) in [6.45, 7) is 4.62. The van der Waals surface area contributed by atoms with Crippen LogP contribution in [0.15, 0.2) is 17.3 Å². The lowest BCUT2D eigenvalue weighted by Crippen LogP contribution is -2.38. The van der Waals surface area contributed by atoms with Crippen LogP contribution in [0.5, 0.6) is 0 Å². The largest absolute Gasteiger partial charge is 0.330 e. The van der Waals surface area contributed by atoms with Gasteiger partial charge in [-0.05, 0) is 26.8 Å². The van der Waals surface area contributed by atoms with E-state index in [0.29, 0.717) is 19.5 Å². The second-order valence-electron chi connectivity index (χ2n) is 4.20. The number of hydrogen-bond donors (Lipinski definition) is 1. The Labute approximate surface area is 102 Å². The maximum Gasteiger partial charge on any atom is 0.246 e. The van der Waals surface area contributed by atoms with Crippen LogP contribution < -0.4 is 5.73 Å². The van der Waals surface area contributed by atoms with Crippen LogP contribution in [-0.4, -0.2) is 41.6 Å². The summed E-state index contributed by atoms with van der Waals surface area (Å²) < 4.78 is 27.6. The van der Waals surface area contributed by atoms with Crippen LogP contribution in [0.3, 0.4) is 0 Å². The molecule has 0 amide bonds. The minimum Gasteiger partial charge on any atom is -0.330 e. The summed E-state index contributed by atoms with van der Waals surface area (Å²) in [7, 11) is -1.76. The average molecular weight is 260 g/mol. The second kappa shape index (κ2) is 5.61. The fourth-order valence-electron chi connectivity index (χ4n) is 1.57. The maximum atomic E-state index is 12.3. The smallest absolute Gasteiger partial charge is 0.246 e. The van der Waals surface area contributed by atoms with Crippen molar-refractivity contribution in [2.45, 2.75) is 31.2 Å². The summed E-state index contributed by atoms with van der Waals surface area (Å²) in [4.78, 5) is 0.228. The Hall–Kier alpha value is -0.920. The lowest BCUT2D eigenvalue weighted by Gasteiger charge is -2.24. The van der Waals surface area contributed by atoms with E-state index in [1.807, 2.05) is 13.8 Å². The predicted octanol–water partition coefficient (Wildman–Crippen LogP) is 0.168. The van der Waals surface area contributed by atoms with Crippen molar-refractivity contribution in [3.63, 3.8) is 0 Å². The van der Waals surface area contributed by atoms with Gasteiger partial charge in [0.25, 0.3) is 0 Å². The van der Waals surface area contributed by atoms with Crippen LogP contribution in [0.2, 0.25) is 0 Å². The zero-order valence-corrected chi connectivity index (χ0v) is 11.3. The molecule has 7 heteroatoms. The minimum atomic E-state index is -3.46. The van der Waals surface area contributed by atoms with Crippen LogP contribution in [0, 0.1) is 0 Å². The van der Waals surface area contributed by atoms with Gasteiger partial charge in [-0.1, -0.05) is 0 Å². The molecule has 0 saturated carbocycles. The van der Waals surface area contributed by atoms with Crippen molar-refractivity contribution in [1.29, 1.82) is 0 Å². The molecule has 0 aliphatic rings. The number of hydrogen-bond acceptors (Lipinski definition) is 4. The van der Waals surface area contributed by atoms with Gasteiger partial charge in [0.1, 0.15) is 4.90 Å². The Balaban J connectivity index is 3.00. The van der Waals surface area contributed by atoms with Gasteiger partial charge in [-0.15, -0.1) is 0 Å². The highest BCUT2D eigenvalue weighted by molar-refractivity contribution is 7.89. The Bertz CT molecular complexity index is 453. The Morgan fingerprint density at radius 2 is 2.18 bits per heavy atom. The molecule has 0 atom stereocenters. The number of rotatable bonds is 6. The molecular weight excluding hydrogens is 240 g/mol. The van der Waals surface area contributed by atoms with Crippen molar-refractivity contribution in [1.82, 2.24) is 14.1 Å². The van der Waals surface area contributed by atoms with Gasteiger partial charge in [0.15, 0.2) is 0 Å². The van der Waals surface area contributed by atoms with Gasteiger partial charge in [-0.2, -0.15) is 9.40 Å². The molecule has 0 aliphatic carbocycles. The van der Waals surface area contributed by atoms with E-state index in [1.165, 1.54) is 21.4 Å². The molecule has 0 aliphatic heterocycles. The van der Waals surface area contributed by atoms with Crippen molar-refractivity contribution in [3.8, 4) is 0 Å². The summed E-state index contributed by atoms with van der Waals surface area (Å²) in [5.41, 5.74) is 5.43. The highest BCUT2D eigenvalue weighted by Gasteiger charge is 2.27. The van der Waals surface area contributed by atoms with Crippen molar-refractivity contribution in [2.24, 2.45) is 12.8 Å². The average Bonchev–Trinajstić information content (AvgIpc) is 2.65. The van der Waals surface area contributed by atoms with Crippen molar-refractivity contribution < 1.29 is 8.42 Å². The Kier molecular flexibility index (Phi) is 4.67. The predicted molar refractivity (Wildman–Crippen MR) is 65.9 cm³/mol. The van der Waals surface area contributed by atoms with Gasteiger partial charge in [-0.3, -0.25) is 4.68 Å². The fraction of sp³-hybridized carbons (Fsp3) is 0.700. The molecule has 6 nitrogen and oxygen atoms in total. The molecule has 0 spiro atoms. The molecule has 0 fully saturated rings. The van der Waals surface area contributed by atoms with E-state index in [2.05, 4.69) is 5.10 Å². The lowest BCUT2D eigenvalue weighted by molar-refractivity contribution is 0.351. The van der Waals surface area contributed by atoms with Crippen molar-refractivity contribution in [3.05, 3.63) is 12.4 Å². The van der Waals surface area contributed by atoms with E-state index in [9.17, 15) is 8.42 Å². The molecule has 0 radical (unpaired) electrons. The molecule has 1 aromatic rings. The van der Waals surface area contributed by atoms with Gasteiger partial charge in [0.05, 0.1) is 6.20 Å². The van der Waals surface area contributed by atoms with Crippen LogP contribution in [-0.2, 0) is 17.1 Å². The Morgan fingerprint density at radius 3 is 2.59 bits per heavy atom. The number of sulfonamides is 1. The minimum absolute atomic E-state index is 0.0910. The molecule has 17 heavy (non-hydrogen) atoms. The standard InChI is InChI=1S/C10H20N4O2S/c1-9(2)14(6-4-5-11)17(15,16)10-7-12-13(3)8-10/h7-9H,4-6,11H2,1-3H3. The van der Waals surface area contributed by atoms with E-state index in [-0.39, 0.29) is 10.9 Å². The maximum absolute atomic E-state index is 12.3. The quantitative estimate of drug-likeness (QED) is 0.790. The highest BCUT2D eigenvalue weighted by Crippen LogP contribution is 2.17. The zero-order chi connectivity index (χ0) is 13.1. The van der Waals surface area contributed by atoms with E-state index < -0.39 is 10.0 Å². The number of nitrogens with two attached hydrogens (primary N) is 1. The van der Waals surface area contributed by atoms with E-state index in [0.717, 1.165) is 0 Å². The summed E-state index contributed by atoms with van der Waals surface area (Å²) >= 11 is 0. The van der Waals surface area contributed by atoms with Crippen LogP contribution >= 0.6 is 0 Å². The van der Waals surface area contributed by atoms with Crippen LogP contribution in [0.25, 0.3) is 0 Å². The summed E-state index contributed by atoms with van der Waals surface area (Å²) in [5, 5.41) is 3.89. The first-order valence-electron chi connectivity index (χ1n) is 5.60. The highest BCUT2D eigenvalue weighted by atomic mass is 32.2. The first kappa shape index (κ1) is 14.1. The van der Waals surface area contributed by atoms with E-state index in [4.69, 9.17) is 5.73 Å². The third-order valence-corrected chi connectivity index (χ3v) is 4.47. The van der Waals surface area contributed by atoms with E-state index in [1.54, 1.807) is 7.05 Å². The van der Waals surface area contributed by atoms with Gasteiger partial charge >= 0.3 is 0 Å². The first-order chi connectivity index (χ1) is 7.89. The lowest BCUT2D eigenvalue weighted by atomic mass is 10.3. The summed E-state index contributed by atoms with van der Waals surface area (Å²) in [6, 6.07) is -0.0910. The monoisotopic (exact) mass is 260 g/mol. The van der Waals surface area contributed by atoms with Crippen LogP contribution in [0.1, 0.15) is 20.3 Å². The molecular formula is C10H20N4O2S. The fourth-order valence-corrected chi connectivity index (χ4v) is 3.23. The third kappa shape index (κ3) is 3.27. The molecule has 1 rings (SSSR count). The molecule has 0 aromatic carbocycles. The van der Waals surface area contributed by atoms with Crippen molar-refractivity contribution >= 4 is 10.0 Å². The first-order valence-corrected chi connectivity index (χ1v) is 7.04. The normalized spacial score (nSPS) is 12.6. The number of aryl methyl sites for hydroxylation is 1. The van der Waals surface area contributed by atoms with Gasteiger partial charge in [0.2, 0.25) is 10.0 Å². The summed E-state index contributed by atoms with van der Waals surface area (Å²) in [5.74, 6) is 0. The molecule has 98 valence electrons. The van der Waals surface area contributed by atoms with Crippen LogP contribution in [0.4, 0.5) is 0 Å². The number of aromatic nitrogens is 2.